The topological polar surface area (TPSA) is 98.7 Å². The zero-order valence-electron chi connectivity index (χ0n) is 11.7. The average Bonchev–Trinajstić information content (AvgIpc) is 2.88. The van der Waals surface area contributed by atoms with Gasteiger partial charge in [0, 0.05) is 18.8 Å². The largest absolute Gasteiger partial charge is 0.478 e. The molecule has 0 saturated carbocycles. The van der Waals surface area contributed by atoms with E-state index in [-0.39, 0.29) is 24.0 Å². The van der Waals surface area contributed by atoms with Crippen LogP contribution in [0.4, 0.5) is 10.5 Å². The molecule has 1 aromatic carbocycles. The summed E-state index contributed by atoms with van der Waals surface area (Å²) in [6.45, 7) is 2.71. The molecule has 2 rings (SSSR count). The molecule has 1 aliphatic rings. The minimum absolute atomic E-state index is 0.0777. The second-order valence-corrected chi connectivity index (χ2v) is 4.66. The molecule has 0 bridgehead atoms. The summed E-state index contributed by atoms with van der Waals surface area (Å²) in [5.41, 5.74) is 1.72. The summed E-state index contributed by atoms with van der Waals surface area (Å²) in [5, 5.41) is 14.1. The standard InChI is InChI=1S/C14H17N3O4/c1-2-15-12(18)8-16-14(21)17-6-5-9-7-10(13(19)20)3-4-11(9)17/h3-4,7H,2,5-6,8H2,1H3,(H,15,18)(H,16,21)(H,19,20). The molecule has 7 nitrogen and oxygen atoms in total. The zero-order valence-corrected chi connectivity index (χ0v) is 11.7. The molecule has 1 aromatic rings. The van der Waals surface area contributed by atoms with E-state index in [1.54, 1.807) is 19.1 Å². The van der Waals surface area contributed by atoms with E-state index in [2.05, 4.69) is 10.6 Å². The van der Waals surface area contributed by atoms with Gasteiger partial charge in [0.25, 0.3) is 0 Å². The third-order valence-electron chi connectivity index (χ3n) is 3.24. The van der Waals surface area contributed by atoms with Crippen LogP contribution in [0.5, 0.6) is 0 Å². The number of aromatic carboxylic acids is 1. The molecule has 0 atom stereocenters. The third-order valence-corrected chi connectivity index (χ3v) is 3.24. The molecule has 0 saturated heterocycles. The Balaban J connectivity index is 2.03. The molecule has 112 valence electrons. The number of carboxylic acid groups (broad SMARTS) is 1. The van der Waals surface area contributed by atoms with Crippen molar-refractivity contribution in [2.45, 2.75) is 13.3 Å². The lowest BCUT2D eigenvalue weighted by molar-refractivity contribution is -0.119. The maximum absolute atomic E-state index is 12.1. The van der Waals surface area contributed by atoms with Crippen LogP contribution in [0, 0.1) is 0 Å². The predicted octanol–water partition coefficient (Wildman–Crippen LogP) is 0.593. The van der Waals surface area contributed by atoms with Gasteiger partial charge in [-0.15, -0.1) is 0 Å². The van der Waals surface area contributed by atoms with Crippen LogP contribution in [0.1, 0.15) is 22.8 Å². The molecule has 3 N–H and O–H groups in total. The lowest BCUT2D eigenvalue weighted by atomic mass is 10.1. The number of nitrogens with zero attached hydrogens (tertiary/aromatic N) is 1. The lowest BCUT2D eigenvalue weighted by Crippen LogP contribution is -2.43. The first kappa shape index (κ1) is 14.8. The molecule has 0 fully saturated rings. The van der Waals surface area contributed by atoms with Gasteiger partial charge in [-0.25, -0.2) is 9.59 Å². The molecule has 7 heteroatoms. The fourth-order valence-corrected chi connectivity index (χ4v) is 2.26. The molecule has 3 amide bonds. The molecular formula is C14H17N3O4. The highest BCUT2D eigenvalue weighted by Gasteiger charge is 2.25. The first-order valence-electron chi connectivity index (χ1n) is 6.71. The second kappa shape index (κ2) is 6.25. The summed E-state index contributed by atoms with van der Waals surface area (Å²) in [6.07, 6.45) is 0.602. The number of carbonyl (C=O) groups is 3. The molecule has 0 unspecified atom stereocenters. The monoisotopic (exact) mass is 291 g/mol. The van der Waals surface area contributed by atoms with Gasteiger partial charge in [0.2, 0.25) is 5.91 Å². The van der Waals surface area contributed by atoms with E-state index in [0.29, 0.717) is 25.2 Å². The summed E-state index contributed by atoms with van der Waals surface area (Å²) < 4.78 is 0. The number of benzene rings is 1. The first-order valence-corrected chi connectivity index (χ1v) is 6.71. The van der Waals surface area contributed by atoms with E-state index >= 15 is 0 Å². The van der Waals surface area contributed by atoms with Crippen molar-refractivity contribution in [2.24, 2.45) is 0 Å². The number of urea groups is 1. The summed E-state index contributed by atoms with van der Waals surface area (Å²) in [7, 11) is 0. The maximum atomic E-state index is 12.1. The highest BCUT2D eigenvalue weighted by atomic mass is 16.4. The number of fused-ring (bicyclic) bond motifs is 1. The predicted molar refractivity (Wildman–Crippen MR) is 76.5 cm³/mol. The number of anilines is 1. The Morgan fingerprint density at radius 2 is 2.05 bits per heavy atom. The van der Waals surface area contributed by atoms with Crippen LogP contribution in [-0.4, -0.2) is 42.6 Å². The number of carbonyl (C=O) groups excluding carboxylic acids is 2. The minimum atomic E-state index is -0.989. The van der Waals surface area contributed by atoms with Gasteiger partial charge in [0.05, 0.1) is 12.1 Å². The fourth-order valence-electron chi connectivity index (χ4n) is 2.26. The summed E-state index contributed by atoms with van der Waals surface area (Å²) >= 11 is 0. The van der Waals surface area contributed by atoms with Crippen LogP contribution in [0.15, 0.2) is 18.2 Å². The van der Waals surface area contributed by atoms with E-state index in [9.17, 15) is 14.4 Å². The smallest absolute Gasteiger partial charge is 0.335 e. The fraction of sp³-hybridized carbons (Fsp3) is 0.357. The van der Waals surface area contributed by atoms with E-state index < -0.39 is 5.97 Å². The van der Waals surface area contributed by atoms with Crippen molar-refractivity contribution in [3.8, 4) is 0 Å². The van der Waals surface area contributed by atoms with Gasteiger partial charge in [0.1, 0.15) is 0 Å². The summed E-state index contributed by atoms with van der Waals surface area (Å²) in [5.74, 6) is -1.23. The van der Waals surface area contributed by atoms with E-state index in [0.717, 1.165) is 5.56 Å². The van der Waals surface area contributed by atoms with Crippen molar-refractivity contribution in [1.82, 2.24) is 10.6 Å². The molecule has 0 spiro atoms. The highest BCUT2D eigenvalue weighted by molar-refractivity contribution is 5.97. The lowest BCUT2D eigenvalue weighted by Gasteiger charge is -2.18. The van der Waals surface area contributed by atoms with Crippen molar-refractivity contribution in [2.75, 3.05) is 24.5 Å². The zero-order chi connectivity index (χ0) is 15.4. The van der Waals surface area contributed by atoms with E-state index in [1.165, 1.54) is 11.0 Å². The molecule has 0 aliphatic carbocycles. The molecule has 0 aromatic heterocycles. The van der Waals surface area contributed by atoms with Gasteiger partial charge in [0.15, 0.2) is 0 Å². The number of nitrogens with one attached hydrogen (secondary N) is 2. The number of hydrogen-bond donors (Lipinski definition) is 3. The van der Waals surface area contributed by atoms with Crippen molar-refractivity contribution in [1.29, 1.82) is 0 Å². The Morgan fingerprint density at radius 3 is 2.71 bits per heavy atom. The third kappa shape index (κ3) is 3.31. The van der Waals surface area contributed by atoms with Crippen LogP contribution in [-0.2, 0) is 11.2 Å². The van der Waals surface area contributed by atoms with Crippen molar-refractivity contribution in [3.05, 3.63) is 29.3 Å². The van der Waals surface area contributed by atoms with E-state index in [1.807, 2.05) is 0 Å². The van der Waals surface area contributed by atoms with Gasteiger partial charge in [-0.2, -0.15) is 0 Å². The Labute approximate surface area is 121 Å². The normalized spacial score (nSPS) is 12.7. The molecule has 1 aliphatic heterocycles. The van der Waals surface area contributed by atoms with Crippen molar-refractivity contribution >= 4 is 23.6 Å². The Hall–Kier alpha value is -2.57. The van der Waals surface area contributed by atoms with Gasteiger partial charge in [-0.1, -0.05) is 0 Å². The number of carboxylic acids is 1. The van der Waals surface area contributed by atoms with Crippen LogP contribution >= 0.6 is 0 Å². The summed E-state index contributed by atoms with van der Waals surface area (Å²) in [6, 6.07) is 4.31. The summed E-state index contributed by atoms with van der Waals surface area (Å²) in [4.78, 5) is 35.8. The second-order valence-electron chi connectivity index (χ2n) is 4.66. The van der Waals surface area contributed by atoms with E-state index in [4.69, 9.17) is 5.11 Å². The molecular weight excluding hydrogens is 274 g/mol. The molecule has 1 heterocycles. The number of amides is 3. The number of likely N-dealkylation sites (N-methyl/N-ethyl adjacent to an activating group) is 1. The number of hydrogen-bond acceptors (Lipinski definition) is 3. The van der Waals surface area contributed by atoms with Gasteiger partial charge in [-0.05, 0) is 37.1 Å². The van der Waals surface area contributed by atoms with Gasteiger partial charge >= 0.3 is 12.0 Å². The number of rotatable bonds is 4. The van der Waals surface area contributed by atoms with Crippen LogP contribution < -0.4 is 15.5 Å². The SMILES string of the molecule is CCNC(=O)CNC(=O)N1CCc2cc(C(=O)O)ccc21. The first-order chi connectivity index (χ1) is 10.0. The van der Waals surface area contributed by atoms with Gasteiger partial charge in [-0.3, -0.25) is 9.69 Å². The Bertz CT molecular complexity index is 586. The average molecular weight is 291 g/mol. The van der Waals surface area contributed by atoms with Crippen LogP contribution in [0.25, 0.3) is 0 Å². The Kier molecular flexibility index (Phi) is 4.42. The highest BCUT2D eigenvalue weighted by Crippen LogP contribution is 2.28. The maximum Gasteiger partial charge on any atom is 0.335 e. The van der Waals surface area contributed by atoms with Crippen molar-refractivity contribution in [3.63, 3.8) is 0 Å². The van der Waals surface area contributed by atoms with Crippen LogP contribution in [0.3, 0.4) is 0 Å². The van der Waals surface area contributed by atoms with Crippen LogP contribution in [0.2, 0.25) is 0 Å². The molecule has 0 radical (unpaired) electrons. The van der Waals surface area contributed by atoms with Gasteiger partial charge < -0.3 is 15.7 Å². The molecule has 21 heavy (non-hydrogen) atoms. The minimum Gasteiger partial charge on any atom is -0.478 e. The Morgan fingerprint density at radius 1 is 1.29 bits per heavy atom. The quantitative estimate of drug-likeness (QED) is 0.756. The van der Waals surface area contributed by atoms with Crippen molar-refractivity contribution < 1.29 is 19.5 Å².